The molecule has 1 aromatic rings. The minimum Gasteiger partial charge on any atom is -0.508 e. The number of likely N-dealkylation sites (tertiary alicyclic amines) is 2. The van der Waals surface area contributed by atoms with Crippen LogP contribution in [0, 0.1) is 17.8 Å². The molecule has 190 valence electrons. The minimum absolute atomic E-state index is 0.0133. The van der Waals surface area contributed by atoms with Gasteiger partial charge in [0.2, 0.25) is 11.8 Å². The lowest BCUT2D eigenvalue weighted by Gasteiger charge is -2.50. The summed E-state index contributed by atoms with van der Waals surface area (Å²) in [7, 11) is 1.31. The molecule has 4 aliphatic rings. The van der Waals surface area contributed by atoms with Crippen LogP contribution in [0.1, 0.15) is 37.2 Å². The summed E-state index contributed by atoms with van der Waals surface area (Å²) in [4.78, 5) is 62.5. The zero-order valence-corrected chi connectivity index (χ0v) is 20.8. The number of aromatic hydroxyl groups is 1. The molecule has 2 saturated heterocycles. The van der Waals surface area contributed by atoms with Gasteiger partial charge in [0.15, 0.2) is 9.75 Å². The molecule has 3 fully saturated rings. The van der Waals surface area contributed by atoms with E-state index >= 15 is 0 Å². The number of phenolic OH excluding ortho intramolecular Hbond substituents is 1. The first-order chi connectivity index (χ1) is 16.9. The summed E-state index contributed by atoms with van der Waals surface area (Å²) in [6.45, 7) is -0.0133. The predicted octanol–water partition coefficient (Wildman–Crippen LogP) is 2.25. The van der Waals surface area contributed by atoms with Crippen LogP contribution in [0.5, 0.6) is 5.75 Å². The average molecular weight is 535 g/mol. The molecule has 0 radical (unpaired) electrons. The Morgan fingerprint density at radius 3 is 2.50 bits per heavy atom. The number of phenols is 1. The second kappa shape index (κ2) is 8.31. The molecule has 1 saturated carbocycles. The number of halogens is 2. The number of imide groups is 2. The summed E-state index contributed by atoms with van der Waals surface area (Å²) in [5, 5.41) is 19.1. The van der Waals surface area contributed by atoms with Crippen LogP contribution in [0.4, 0.5) is 0 Å². The molecule has 0 bridgehead atoms. The van der Waals surface area contributed by atoms with Gasteiger partial charge in [-0.1, -0.05) is 23.8 Å². The molecule has 11 heteroatoms. The number of nitrogens with zero attached hydrogens (tertiary/aromatic N) is 2. The van der Waals surface area contributed by atoms with Gasteiger partial charge in [0, 0.05) is 25.9 Å². The lowest BCUT2D eigenvalue weighted by Crippen LogP contribution is -2.60. The number of amides is 4. The normalized spacial score (nSPS) is 35.5. The van der Waals surface area contributed by atoms with Crippen LogP contribution in [0.2, 0.25) is 0 Å². The Labute approximate surface area is 216 Å². The number of hydrogen-bond donors (Lipinski definition) is 2. The van der Waals surface area contributed by atoms with Crippen molar-refractivity contribution in [2.75, 3.05) is 13.6 Å². The van der Waals surface area contributed by atoms with Crippen molar-refractivity contribution in [2.24, 2.45) is 17.8 Å². The van der Waals surface area contributed by atoms with E-state index in [0.29, 0.717) is 11.1 Å². The number of rotatable bonds is 5. The highest BCUT2D eigenvalue weighted by atomic mass is 35.5. The van der Waals surface area contributed by atoms with Gasteiger partial charge in [-0.2, -0.15) is 0 Å². The maximum atomic E-state index is 13.5. The van der Waals surface area contributed by atoms with E-state index in [1.807, 2.05) is 6.08 Å². The molecule has 2 aliphatic carbocycles. The number of hydrogen-bond acceptors (Lipinski definition) is 6. The fraction of sp³-hybridized carbons (Fsp3) is 0.480. The lowest BCUT2D eigenvalue weighted by atomic mass is 9.56. The summed E-state index contributed by atoms with van der Waals surface area (Å²) in [6, 6.07) is 6.19. The largest absolute Gasteiger partial charge is 0.508 e. The van der Waals surface area contributed by atoms with E-state index < -0.39 is 57.1 Å². The molecule has 2 aliphatic heterocycles. The van der Waals surface area contributed by atoms with Crippen LogP contribution in [0.3, 0.4) is 0 Å². The standard InChI is InChI=1S/C25H24Cl2N2O7/c1-28-22(35)24(26)11-16-14(19(25(24,27)23(28)36)12-4-2-5-13(30)10-12)7-8-15-18(16)21(34)29(20(15)33)9-3-6-17(31)32/h2,4-5,7,10,15-16,18-19,30H,3,6,8-9,11H2,1H3,(H,31,32)/t15-,16+,18-,19-,24+,25-/m0/s1. The first kappa shape index (κ1) is 24.8. The zero-order valence-electron chi connectivity index (χ0n) is 19.3. The second-order valence-corrected chi connectivity index (χ2v) is 11.2. The van der Waals surface area contributed by atoms with Crippen molar-refractivity contribution in [3.05, 3.63) is 41.5 Å². The maximum Gasteiger partial charge on any atom is 0.303 e. The fourth-order valence-electron chi connectivity index (χ4n) is 6.50. The number of allylic oxidation sites excluding steroid dienone is 2. The van der Waals surface area contributed by atoms with Crippen LogP contribution in [0.15, 0.2) is 35.9 Å². The SMILES string of the molecule is CN1C(=O)[C@]2(Cl)C[C@@H]3C(=CC[C@@H]4C(=O)N(CCCC(=O)O)C(=O)[C@@H]43)[C@H](c3cccc(O)c3)[C@]2(Cl)C1=O. The van der Waals surface area contributed by atoms with E-state index in [9.17, 15) is 29.1 Å². The number of aliphatic carboxylic acids is 1. The third kappa shape index (κ3) is 3.18. The van der Waals surface area contributed by atoms with Gasteiger partial charge in [-0.05, 0) is 42.9 Å². The van der Waals surface area contributed by atoms with Crippen molar-refractivity contribution in [2.45, 2.75) is 41.3 Å². The Morgan fingerprint density at radius 2 is 1.83 bits per heavy atom. The van der Waals surface area contributed by atoms with Crippen molar-refractivity contribution in [1.82, 2.24) is 9.80 Å². The molecule has 0 aromatic heterocycles. The quantitative estimate of drug-likeness (QED) is 0.336. The Morgan fingerprint density at radius 1 is 1.11 bits per heavy atom. The van der Waals surface area contributed by atoms with E-state index in [2.05, 4.69) is 0 Å². The van der Waals surface area contributed by atoms with E-state index in [4.69, 9.17) is 28.3 Å². The Hall–Kier alpha value is -2.91. The number of fused-ring (bicyclic) bond motifs is 4. The Kier molecular flexibility index (Phi) is 5.72. The van der Waals surface area contributed by atoms with Gasteiger partial charge in [-0.15, -0.1) is 23.2 Å². The molecule has 36 heavy (non-hydrogen) atoms. The van der Waals surface area contributed by atoms with Crippen molar-refractivity contribution >= 4 is 52.8 Å². The van der Waals surface area contributed by atoms with Gasteiger partial charge in [-0.25, -0.2) is 0 Å². The molecule has 9 nitrogen and oxygen atoms in total. The summed E-state index contributed by atoms with van der Waals surface area (Å²) >= 11 is 14.1. The smallest absolute Gasteiger partial charge is 0.303 e. The van der Waals surface area contributed by atoms with Crippen molar-refractivity contribution in [3.63, 3.8) is 0 Å². The number of carbonyl (C=O) groups excluding carboxylic acids is 4. The molecular formula is C25H24Cl2N2O7. The number of benzene rings is 1. The highest BCUT2D eigenvalue weighted by molar-refractivity contribution is 6.53. The molecule has 0 spiro atoms. The summed E-state index contributed by atoms with van der Waals surface area (Å²) < 4.78 is 0. The van der Waals surface area contributed by atoms with Gasteiger partial charge in [0.1, 0.15) is 5.75 Å². The van der Waals surface area contributed by atoms with E-state index in [1.165, 1.54) is 19.2 Å². The number of carboxylic acids is 1. The first-order valence-electron chi connectivity index (χ1n) is 11.7. The van der Waals surface area contributed by atoms with Crippen LogP contribution < -0.4 is 0 Å². The van der Waals surface area contributed by atoms with Gasteiger partial charge in [0.25, 0.3) is 11.8 Å². The Bertz CT molecular complexity index is 1250. The molecule has 0 unspecified atom stereocenters. The molecule has 6 atom stereocenters. The number of alkyl halides is 2. The zero-order chi connectivity index (χ0) is 26.2. The van der Waals surface area contributed by atoms with E-state index in [-0.39, 0.29) is 43.9 Å². The maximum absolute atomic E-state index is 13.5. The predicted molar refractivity (Wildman–Crippen MR) is 127 cm³/mol. The van der Waals surface area contributed by atoms with Gasteiger partial charge >= 0.3 is 5.97 Å². The third-order valence-corrected chi connectivity index (χ3v) is 9.49. The summed E-state index contributed by atoms with van der Waals surface area (Å²) in [6.07, 6.45) is 1.87. The molecule has 2 heterocycles. The average Bonchev–Trinajstić information content (AvgIpc) is 3.14. The first-order valence-corrected chi connectivity index (χ1v) is 12.5. The van der Waals surface area contributed by atoms with Crippen molar-refractivity contribution in [1.29, 1.82) is 0 Å². The third-order valence-electron chi connectivity index (χ3n) is 8.08. The minimum atomic E-state index is -1.89. The van der Waals surface area contributed by atoms with Gasteiger partial charge in [0.05, 0.1) is 11.8 Å². The highest BCUT2D eigenvalue weighted by Gasteiger charge is 2.75. The van der Waals surface area contributed by atoms with Gasteiger partial charge in [-0.3, -0.25) is 33.8 Å². The van der Waals surface area contributed by atoms with Gasteiger partial charge < -0.3 is 10.2 Å². The van der Waals surface area contributed by atoms with Crippen LogP contribution >= 0.6 is 23.2 Å². The number of carbonyl (C=O) groups is 5. The molecular weight excluding hydrogens is 511 g/mol. The summed E-state index contributed by atoms with van der Waals surface area (Å²) in [5.41, 5.74) is 1.11. The van der Waals surface area contributed by atoms with Crippen LogP contribution in [-0.2, 0) is 24.0 Å². The van der Waals surface area contributed by atoms with Crippen LogP contribution in [-0.4, -0.2) is 73.0 Å². The monoisotopic (exact) mass is 534 g/mol. The molecule has 2 N–H and O–H groups in total. The Balaban J connectivity index is 1.61. The second-order valence-electron chi connectivity index (χ2n) is 9.92. The molecule has 5 rings (SSSR count). The van der Waals surface area contributed by atoms with E-state index in [0.717, 1.165) is 9.80 Å². The van der Waals surface area contributed by atoms with Crippen molar-refractivity contribution in [3.8, 4) is 5.75 Å². The lowest BCUT2D eigenvalue weighted by molar-refractivity contribution is -0.142. The topological polar surface area (TPSA) is 132 Å². The van der Waals surface area contributed by atoms with Crippen LogP contribution in [0.25, 0.3) is 0 Å². The number of carboxylic acid groups (broad SMARTS) is 1. The summed E-state index contributed by atoms with van der Waals surface area (Å²) in [5.74, 6) is -6.29. The van der Waals surface area contributed by atoms with Crippen molar-refractivity contribution < 1.29 is 34.2 Å². The van der Waals surface area contributed by atoms with E-state index in [1.54, 1.807) is 12.1 Å². The molecule has 4 amide bonds. The fourth-order valence-corrected chi connectivity index (χ4v) is 7.52. The highest BCUT2D eigenvalue weighted by Crippen LogP contribution is 2.65. The molecule has 1 aromatic carbocycles.